The summed E-state index contributed by atoms with van der Waals surface area (Å²) in [7, 11) is 1.42. The average molecular weight is 529 g/mol. The number of nitrogens with zero attached hydrogens (tertiary/aromatic N) is 2. The molecule has 1 amide bonds. The van der Waals surface area contributed by atoms with Crippen molar-refractivity contribution >= 4 is 17.6 Å². The van der Waals surface area contributed by atoms with Crippen molar-refractivity contribution in [2.75, 3.05) is 24.6 Å². The van der Waals surface area contributed by atoms with E-state index < -0.39 is 40.8 Å². The molecule has 1 aromatic heterocycles. The second-order valence-corrected chi connectivity index (χ2v) is 11.3. The number of carbonyl (C=O) groups is 2. The minimum absolute atomic E-state index is 0.0126. The van der Waals surface area contributed by atoms with Gasteiger partial charge in [0.05, 0.1) is 18.7 Å². The summed E-state index contributed by atoms with van der Waals surface area (Å²) in [6.45, 7) is 7.31. The number of halogens is 1. The summed E-state index contributed by atoms with van der Waals surface area (Å²) in [4.78, 5) is 40.4. The van der Waals surface area contributed by atoms with Gasteiger partial charge in [-0.05, 0) is 49.9 Å². The molecule has 0 saturated heterocycles. The number of amides is 1. The lowest BCUT2D eigenvalue weighted by atomic mass is 9.92. The number of aliphatic carboxylic acids is 1. The third-order valence-electron chi connectivity index (χ3n) is 7.46. The lowest BCUT2D eigenvalue weighted by Gasteiger charge is -2.41. The lowest BCUT2D eigenvalue weighted by molar-refractivity contribution is -0.461. The summed E-state index contributed by atoms with van der Waals surface area (Å²) < 4.78 is 22.2. The number of rotatable bonds is 7. The SMILES string of the molecule is Cc1c(-c2cc(F)c3c(c2)N(CC(C)(C)[O-])CCO3)c(CC(=O)O)n(C)c(=O)c1C(=O)NC1(C)CCCC1. The highest BCUT2D eigenvalue weighted by atomic mass is 19.1. The molecule has 0 unspecified atom stereocenters. The van der Waals surface area contributed by atoms with Gasteiger partial charge in [-0.2, -0.15) is 0 Å². The molecule has 2 aromatic rings. The zero-order chi connectivity index (χ0) is 28.0. The molecule has 1 aromatic carbocycles. The Morgan fingerprint density at radius 3 is 2.53 bits per heavy atom. The third-order valence-corrected chi connectivity index (χ3v) is 7.46. The molecule has 1 fully saturated rings. The standard InChI is InChI=1S/C28H35FN3O6/c1-16-22(17-12-18(29)24-20(13-17)32(10-11-38-24)15-27(2,3)37)19(14-21(33)34)31(5)26(36)23(16)25(35)30-28(4)8-6-7-9-28/h12-13H,6-11,14-15H2,1-5H3,(H,30,35)(H,33,34)/q-1. The van der Waals surface area contributed by atoms with Crippen molar-refractivity contribution in [3.8, 4) is 16.9 Å². The van der Waals surface area contributed by atoms with Gasteiger partial charge in [0.2, 0.25) is 0 Å². The maximum atomic E-state index is 15.4. The van der Waals surface area contributed by atoms with Crippen molar-refractivity contribution < 1.29 is 28.9 Å². The fourth-order valence-corrected chi connectivity index (χ4v) is 5.68. The number of benzene rings is 1. The largest absolute Gasteiger partial charge is 0.849 e. The van der Waals surface area contributed by atoms with E-state index in [9.17, 15) is 24.6 Å². The number of carboxylic acids is 1. The summed E-state index contributed by atoms with van der Waals surface area (Å²) >= 11 is 0. The minimum atomic E-state index is -1.32. The number of ether oxygens (including phenoxy) is 1. The Labute approximate surface area is 221 Å². The predicted molar refractivity (Wildman–Crippen MR) is 139 cm³/mol. The minimum Gasteiger partial charge on any atom is -0.849 e. The van der Waals surface area contributed by atoms with Gasteiger partial charge in [0, 0.05) is 30.4 Å². The second kappa shape index (κ2) is 10.1. The molecule has 0 radical (unpaired) electrons. The number of fused-ring (bicyclic) bond motifs is 1. The Bertz CT molecular complexity index is 1340. The average Bonchev–Trinajstić information content (AvgIpc) is 3.22. The molecule has 1 saturated carbocycles. The van der Waals surface area contributed by atoms with Gasteiger partial charge in [-0.3, -0.25) is 14.4 Å². The Balaban J connectivity index is 1.92. The molecule has 0 bridgehead atoms. The van der Waals surface area contributed by atoms with Crippen molar-refractivity contribution in [1.29, 1.82) is 0 Å². The van der Waals surface area contributed by atoms with Gasteiger partial charge in [-0.15, -0.1) is 5.60 Å². The Morgan fingerprint density at radius 1 is 1.26 bits per heavy atom. The van der Waals surface area contributed by atoms with E-state index in [0.717, 1.165) is 30.3 Å². The highest BCUT2D eigenvalue weighted by molar-refractivity contribution is 5.98. The Hall–Kier alpha value is -3.40. The summed E-state index contributed by atoms with van der Waals surface area (Å²) in [5.74, 6) is -2.37. The normalized spacial score (nSPS) is 16.7. The van der Waals surface area contributed by atoms with E-state index >= 15 is 4.39 Å². The van der Waals surface area contributed by atoms with Crippen LogP contribution in [0.4, 0.5) is 10.1 Å². The molecular formula is C28H35FN3O6-. The maximum absolute atomic E-state index is 15.4. The fraction of sp³-hybridized carbons (Fsp3) is 0.536. The van der Waals surface area contributed by atoms with Crippen molar-refractivity contribution in [3.63, 3.8) is 0 Å². The van der Waals surface area contributed by atoms with E-state index in [-0.39, 0.29) is 35.7 Å². The van der Waals surface area contributed by atoms with Crippen LogP contribution in [0.3, 0.4) is 0 Å². The smallest absolute Gasteiger partial charge is 0.309 e. The van der Waals surface area contributed by atoms with Crippen molar-refractivity contribution in [1.82, 2.24) is 9.88 Å². The maximum Gasteiger partial charge on any atom is 0.309 e. The van der Waals surface area contributed by atoms with Crippen LogP contribution < -0.4 is 25.6 Å². The molecule has 0 atom stereocenters. The van der Waals surface area contributed by atoms with Gasteiger partial charge in [0.25, 0.3) is 11.5 Å². The lowest BCUT2D eigenvalue weighted by Crippen LogP contribution is -2.50. The first-order valence-electron chi connectivity index (χ1n) is 12.9. The number of carboxylic acid groups (broad SMARTS) is 1. The number of hydrogen-bond donors (Lipinski definition) is 2. The monoisotopic (exact) mass is 528 g/mol. The summed E-state index contributed by atoms with van der Waals surface area (Å²) in [5, 5.41) is 25.1. The highest BCUT2D eigenvalue weighted by Gasteiger charge is 2.33. The van der Waals surface area contributed by atoms with Gasteiger partial charge in [0.1, 0.15) is 12.2 Å². The van der Waals surface area contributed by atoms with Crippen LogP contribution in [0.15, 0.2) is 16.9 Å². The van der Waals surface area contributed by atoms with Crippen LogP contribution in [-0.4, -0.2) is 52.4 Å². The summed E-state index contributed by atoms with van der Waals surface area (Å²) in [5.41, 5.74) is -1.08. The topological polar surface area (TPSA) is 124 Å². The zero-order valence-electron chi connectivity index (χ0n) is 22.6. The predicted octanol–water partition coefficient (Wildman–Crippen LogP) is 2.53. The second-order valence-electron chi connectivity index (χ2n) is 11.3. The molecule has 38 heavy (non-hydrogen) atoms. The molecule has 2 N–H and O–H groups in total. The van der Waals surface area contributed by atoms with Crippen LogP contribution in [0, 0.1) is 12.7 Å². The van der Waals surface area contributed by atoms with Gasteiger partial charge in [0.15, 0.2) is 11.6 Å². The molecule has 2 aliphatic rings. The van der Waals surface area contributed by atoms with Gasteiger partial charge in [-0.1, -0.05) is 26.7 Å². The van der Waals surface area contributed by atoms with E-state index in [1.54, 1.807) is 31.7 Å². The van der Waals surface area contributed by atoms with E-state index in [1.807, 2.05) is 6.92 Å². The molecule has 9 nitrogen and oxygen atoms in total. The van der Waals surface area contributed by atoms with E-state index in [4.69, 9.17) is 4.74 Å². The van der Waals surface area contributed by atoms with Gasteiger partial charge >= 0.3 is 5.97 Å². The number of aromatic nitrogens is 1. The Morgan fingerprint density at radius 2 is 1.92 bits per heavy atom. The van der Waals surface area contributed by atoms with Crippen molar-refractivity contribution in [2.45, 2.75) is 70.9 Å². The molecule has 2 heterocycles. The number of hydrogen-bond acceptors (Lipinski definition) is 6. The molecule has 4 rings (SSSR count). The summed E-state index contributed by atoms with van der Waals surface area (Å²) in [6, 6.07) is 2.87. The van der Waals surface area contributed by atoms with Crippen LogP contribution in [0.5, 0.6) is 5.75 Å². The number of nitrogens with one attached hydrogen (secondary N) is 1. The quantitative estimate of drug-likeness (QED) is 0.566. The van der Waals surface area contributed by atoms with Crippen LogP contribution in [0.2, 0.25) is 0 Å². The first-order chi connectivity index (χ1) is 17.7. The van der Waals surface area contributed by atoms with E-state index in [1.165, 1.54) is 13.1 Å². The van der Waals surface area contributed by atoms with Crippen LogP contribution >= 0.6 is 0 Å². The Kier molecular flexibility index (Phi) is 7.31. The van der Waals surface area contributed by atoms with Crippen LogP contribution in [-0.2, 0) is 18.3 Å². The van der Waals surface area contributed by atoms with Crippen LogP contribution in [0.25, 0.3) is 11.1 Å². The van der Waals surface area contributed by atoms with Gasteiger partial charge in [-0.25, -0.2) is 4.39 Å². The number of carbonyl (C=O) groups excluding carboxylic acids is 1. The van der Waals surface area contributed by atoms with Crippen molar-refractivity contribution in [3.05, 3.63) is 45.1 Å². The third kappa shape index (κ3) is 5.41. The molecule has 206 valence electrons. The molecule has 0 spiro atoms. The molecule has 10 heteroatoms. The number of anilines is 1. The first kappa shape index (κ1) is 27.6. The molecule has 1 aliphatic carbocycles. The zero-order valence-corrected chi connectivity index (χ0v) is 22.6. The van der Waals surface area contributed by atoms with Gasteiger partial charge < -0.3 is 29.7 Å². The van der Waals surface area contributed by atoms with Crippen molar-refractivity contribution in [2.24, 2.45) is 7.05 Å². The van der Waals surface area contributed by atoms with E-state index in [2.05, 4.69) is 5.32 Å². The summed E-state index contributed by atoms with van der Waals surface area (Å²) in [6.07, 6.45) is 3.04. The fourth-order valence-electron chi connectivity index (χ4n) is 5.68. The molecular weight excluding hydrogens is 493 g/mol. The molecule has 1 aliphatic heterocycles. The highest BCUT2D eigenvalue weighted by Crippen LogP contribution is 2.41. The van der Waals surface area contributed by atoms with E-state index in [0.29, 0.717) is 23.4 Å². The number of pyridine rings is 1. The first-order valence-corrected chi connectivity index (χ1v) is 12.9. The van der Waals surface area contributed by atoms with Crippen LogP contribution in [0.1, 0.15) is 68.1 Å².